The van der Waals surface area contributed by atoms with Crippen molar-refractivity contribution < 1.29 is 13.2 Å². The summed E-state index contributed by atoms with van der Waals surface area (Å²) in [6.07, 6.45) is 2.83. The molecule has 2 aromatic heterocycles. The molecule has 0 spiro atoms. The number of sulfonamides is 1. The van der Waals surface area contributed by atoms with Crippen LogP contribution >= 0.6 is 15.9 Å². The number of halogens is 1. The predicted molar refractivity (Wildman–Crippen MR) is 130 cm³/mol. The van der Waals surface area contributed by atoms with Crippen LogP contribution in [0.25, 0.3) is 11.3 Å². The molecule has 2 heterocycles. The Kier molecular flexibility index (Phi) is 6.80. The van der Waals surface area contributed by atoms with Gasteiger partial charge in [0.2, 0.25) is 11.9 Å². The van der Waals surface area contributed by atoms with Crippen molar-refractivity contribution in [2.24, 2.45) is 0 Å². The van der Waals surface area contributed by atoms with Crippen LogP contribution in [0.4, 0.5) is 11.6 Å². The van der Waals surface area contributed by atoms with E-state index in [-0.39, 0.29) is 17.4 Å². The van der Waals surface area contributed by atoms with Crippen molar-refractivity contribution in [2.75, 3.05) is 10.0 Å². The van der Waals surface area contributed by atoms with E-state index in [0.717, 1.165) is 14.7 Å². The standard InChI is InChI=1S/C22H17BrN6O4S/c23-16-4-2-15(3-5-16)19-10-11-21(31)29(27-19)14-20(30)26-17-6-8-18(9-7-17)34(32,33)28-22-24-12-1-13-25-22/h1-13H,14H2,(H,26,30)(H,24,25,28). The maximum Gasteiger partial charge on any atom is 0.267 e. The van der Waals surface area contributed by atoms with Crippen LogP contribution in [0.5, 0.6) is 0 Å². The summed E-state index contributed by atoms with van der Waals surface area (Å²) in [5, 5.41) is 6.90. The molecule has 2 N–H and O–H groups in total. The van der Waals surface area contributed by atoms with E-state index in [1.165, 1.54) is 42.7 Å². The van der Waals surface area contributed by atoms with Crippen LogP contribution < -0.4 is 15.6 Å². The zero-order valence-electron chi connectivity index (χ0n) is 17.4. The van der Waals surface area contributed by atoms with E-state index in [0.29, 0.717) is 11.4 Å². The first-order valence-electron chi connectivity index (χ1n) is 9.84. The van der Waals surface area contributed by atoms with Crippen molar-refractivity contribution in [2.45, 2.75) is 11.4 Å². The molecule has 4 aromatic rings. The molecule has 0 radical (unpaired) electrons. The van der Waals surface area contributed by atoms with Gasteiger partial charge in [0.15, 0.2) is 0 Å². The highest BCUT2D eigenvalue weighted by Crippen LogP contribution is 2.19. The molecule has 0 fully saturated rings. The van der Waals surface area contributed by atoms with Crippen molar-refractivity contribution >= 4 is 43.5 Å². The Balaban J connectivity index is 1.44. The fourth-order valence-electron chi connectivity index (χ4n) is 2.92. The second kappa shape index (κ2) is 9.93. The minimum Gasteiger partial charge on any atom is -0.324 e. The van der Waals surface area contributed by atoms with E-state index < -0.39 is 21.5 Å². The topological polar surface area (TPSA) is 136 Å². The van der Waals surface area contributed by atoms with Crippen molar-refractivity contribution in [3.05, 3.63) is 94.0 Å². The second-order valence-electron chi connectivity index (χ2n) is 6.97. The van der Waals surface area contributed by atoms with Gasteiger partial charge in [-0.05, 0) is 48.5 Å². The molecule has 0 saturated heterocycles. The van der Waals surface area contributed by atoms with E-state index in [1.807, 2.05) is 24.3 Å². The van der Waals surface area contributed by atoms with E-state index in [1.54, 1.807) is 12.1 Å². The van der Waals surface area contributed by atoms with Crippen molar-refractivity contribution in [1.29, 1.82) is 0 Å². The average molecular weight is 541 g/mol. The number of benzene rings is 2. The molecule has 34 heavy (non-hydrogen) atoms. The number of rotatable bonds is 7. The van der Waals surface area contributed by atoms with Gasteiger partial charge in [-0.1, -0.05) is 28.1 Å². The quantitative estimate of drug-likeness (QED) is 0.367. The normalized spacial score (nSPS) is 11.1. The van der Waals surface area contributed by atoms with Crippen LogP contribution in [0.2, 0.25) is 0 Å². The summed E-state index contributed by atoms with van der Waals surface area (Å²) in [5.74, 6) is -0.544. The third-order valence-electron chi connectivity index (χ3n) is 4.54. The van der Waals surface area contributed by atoms with Gasteiger partial charge in [0.25, 0.3) is 15.6 Å². The predicted octanol–water partition coefficient (Wildman–Crippen LogP) is 2.90. The third-order valence-corrected chi connectivity index (χ3v) is 6.41. The second-order valence-corrected chi connectivity index (χ2v) is 9.57. The third kappa shape index (κ3) is 5.71. The SMILES string of the molecule is O=C(Cn1nc(-c2ccc(Br)cc2)ccc1=O)Nc1ccc(S(=O)(=O)Nc2ncccn2)cc1. The number of nitrogens with one attached hydrogen (secondary N) is 2. The number of nitrogens with zero attached hydrogens (tertiary/aromatic N) is 4. The van der Waals surface area contributed by atoms with E-state index in [4.69, 9.17) is 0 Å². The maximum atomic E-state index is 12.5. The van der Waals surface area contributed by atoms with Crippen LogP contribution in [0.1, 0.15) is 0 Å². The monoisotopic (exact) mass is 540 g/mol. The minimum absolute atomic E-state index is 0.0296. The van der Waals surface area contributed by atoms with Gasteiger partial charge in [-0.25, -0.2) is 27.8 Å². The lowest BCUT2D eigenvalue weighted by molar-refractivity contribution is -0.117. The summed E-state index contributed by atoms with van der Waals surface area (Å²) in [6.45, 7) is -0.309. The van der Waals surface area contributed by atoms with E-state index >= 15 is 0 Å². The molecule has 0 aliphatic carbocycles. The summed E-state index contributed by atoms with van der Waals surface area (Å²) in [7, 11) is -3.89. The Hall–Kier alpha value is -3.90. The number of amides is 1. The summed E-state index contributed by atoms with van der Waals surface area (Å²) >= 11 is 3.37. The number of aromatic nitrogens is 4. The molecule has 0 unspecified atom stereocenters. The minimum atomic E-state index is -3.89. The summed E-state index contributed by atoms with van der Waals surface area (Å²) in [6, 6.07) is 17.4. The molecular formula is C22H17BrN6O4S. The molecule has 2 aromatic carbocycles. The number of carbonyl (C=O) groups excluding carboxylic acids is 1. The highest BCUT2D eigenvalue weighted by Gasteiger charge is 2.16. The Morgan fingerprint density at radius 2 is 1.62 bits per heavy atom. The molecule has 10 nitrogen and oxygen atoms in total. The van der Waals surface area contributed by atoms with Crippen LogP contribution in [-0.2, 0) is 21.4 Å². The smallest absolute Gasteiger partial charge is 0.267 e. The van der Waals surface area contributed by atoms with Crippen LogP contribution in [-0.4, -0.2) is 34.1 Å². The number of carbonyl (C=O) groups is 1. The summed E-state index contributed by atoms with van der Waals surface area (Å²) in [4.78, 5) is 32.3. The summed E-state index contributed by atoms with van der Waals surface area (Å²) < 4.78 is 29.2. The molecule has 4 rings (SSSR count). The Morgan fingerprint density at radius 3 is 2.29 bits per heavy atom. The van der Waals surface area contributed by atoms with Crippen LogP contribution in [0, 0.1) is 0 Å². The van der Waals surface area contributed by atoms with Crippen molar-refractivity contribution in [3.63, 3.8) is 0 Å². The fraction of sp³-hybridized carbons (Fsp3) is 0.0455. The number of anilines is 2. The zero-order chi connectivity index (χ0) is 24.1. The van der Waals surface area contributed by atoms with E-state index in [9.17, 15) is 18.0 Å². The lowest BCUT2D eigenvalue weighted by Gasteiger charge is -2.10. The first-order chi connectivity index (χ1) is 16.3. The first-order valence-corrected chi connectivity index (χ1v) is 12.1. The number of hydrogen-bond acceptors (Lipinski definition) is 7. The molecule has 0 saturated carbocycles. The van der Waals surface area contributed by atoms with Crippen LogP contribution in [0.15, 0.2) is 93.3 Å². The van der Waals surface area contributed by atoms with Gasteiger partial charge in [-0.2, -0.15) is 5.10 Å². The molecule has 172 valence electrons. The highest BCUT2D eigenvalue weighted by molar-refractivity contribution is 9.10. The van der Waals surface area contributed by atoms with Gasteiger partial charge in [0, 0.05) is 34.2 Å². The molecule has 0 aliphatic heterocycles. The average Bonchev–Trinajstić information content (AvgIpc) is 2.82. The van der Waals surface area contributed by atoms with Gasteiger partial charge in [-0.15, -0.1) is 0 Å². The summed E-state index contributed by atoms with van der Waals surface area (Å²) in [5.41, 5.74) is 1.27. The molecule has 0 aliphatic rings. The molecule has 1 amide bonds. The molecular weight excluding hydrogens is 524 g/mol. The van der Waals surface area contributed by atoms with Gasteiger partial charge in [0.1, 0.15) is 6.54 Å². The molecule has 0 atom stereocenters. The lowest BCUT2D eigenvalue weighted by Crippen LogP contribution is -2.29. The fourth-order valence-corrected chi connectivity index (χ4v) is 4.14. The van der Waals surface area contributed by atoms with Gasteiger partial charge in [0.05, 0.1) is 10.6 Å². The molecule has 12 heteroatoms. The van der Waals surface area contributed by atoms with Gasteiger partial charge < -0.3 is 5.32 Å². The first kappa shape index (κ1) is 23.3. The van der Waals surface area contributed by atoms with Crippen molar-refractivity contribution in [3.8, 4) is 11.3 Å². The number of hydrogen-bond donors (Lipinski definition) is 2. The maximum absolute atomic E-state index is 12.5. The van der Waals surface area contributed by atoms with Crippen LogP contribution in [0.3, 0.4) is 0 Å². The van der Waals surface area contributed by atoms with Gasteiger partial charge >= 0.3 is 0 Å². The van der Waals surface area contributed by atoms with E-state index in [2.05, 4.69) is 41.0 Å². The van der Waals surface area contributed by atoms with Crippen molar-refractivity contribution in [1.82, 2.24) is 19.7 Å². The Morgan fingerprint density at radius 1 is 0.941 bits per heavy atom. The lowest BCUT2D eigenvalue weighted by atomic mass is 10.1. The largest absolute Gasteiger partial charge is 0.324 e. The molecule has 0 bridgehead atoms. The Bertz CT molecular complexity index is 1470. The highest BCUT2D eigenvalue weighted by atomic mass is 79.9. The zero-order valence-corrected chi connectivity index (χ0v) is 19.8. The van der Waals surface area contributed by atoms with Gasteiger partial charge in [-0.3, -0.25) is 9.59 Å². The Labute approximate surface area is 202 Å².